The van der Waals surface area contributed by atoms with Crippen LogP contribution in [0.15, 0.2) is 60.7 Å². The maximum atomic E-state index is 13.2. The summed E-state index contributed by atoms with van der Waals surface area (Å²) in [6.07, 6.45) is 0.505. The lowest BCUT2D eigenvalue weighted by Crippen LogP contribution is -2.52. The molecule has 2 saturated heterocycles. The third-order valence-corrected chi connectivity index (χ3v) is 7.48. The van der Waals surface area contributed by atoms with E-state index in [0.29, 0.717) is 13.0 Å². The molecule has 0 spiro atoms. The number of benzene rings is 2. The Balaban J connectivity index is 1.42. The molecule has 29 heavy (non-hydrogen) atoms. The van der Waals surface area contributed by atoms with Gasteiger partial charge in [-0.15, -0.1) is 0 Å². The van der Waals surface area contributed by atoms with Crippen LogP contribution in [0.4, 0.5) is 11.4 Å². The number of rotatable bonds is 5. The minimum atomic E-state index is -3.07. The molecule has 0 N–H and O–H groups in total. The van der Waals surface area contributed by atoms with Crippen molar-refractivity contribution < 1.29 is 13.2 Å². The SMILES string of the molecule is O=C(CN1CCN(c2ccccc2)CC1)N(c1ccccc1)[C@H]1CCS(=O)(=O)C1. The Hall–Kier alpha value is -2.38. The number of carbonyl (C=O) groups is 1. The minimum Gasteiger partial charge on any atom is -0.369 e. The van der Waals surface area contributed by atoms with E-state index in [1.165, 1.54) is 5.69 Å². The Morgan fingerprint density at radius 2 is 1.55 bits per heavy atom. The quantitative estimate of drug-likeness (QED) is 0.751. The summed E-state index contributed by atoms with van der Waals surface area (Å²) in [6.45, 7) is 3.69. The van der Waals surface area contributed by atoms with E-state index in [4.69, 9.17) is 0 Å². The maximum absolute atomic E-state index is 13.2. The summed E-state index contributed by atoms with van der Waals surface area (Å²) in [5.41, 5.74) is 1.99. The van der Waals surface area contributed by atoms with Gasteiger partial charge in [0.15, 0.2) is 9.84 Å². The molecule has 7 heteroatoms. The summed E-state index contributed by atoms with van der Waals surface area (Å²) in [7, 11) is -3.07. The van der Waals surface area contributed by atoms with Gasteiger partial charge in [-0.25, -0.2) is 8.42 Å². The van der Waals surface area contributed by atoms with Gasteiger partial charge in [0.2, 0.25) is 5.91 Å². The van der Waals surface area contributed by atoms with Gasteiger partial charge in [0.25, 0.3) is 0 Å². The number of piperazine rings is 1. The number of amides is 1. The second-order valence-corrected chi connectivity index (χ2v) is 9.98. The number of sulfone groups is 1. The minimum absolute atomic E-state index is 0.0218. The molecule has 2 aliphatic heterocycles. The first kappa shape index (κ1) is 19.9. The number of nitrogens with zero attached hydrogens (tertiary/aromatic N) is 3. The summed E-state index contributed by atoms with van der Waals surface area (Å²) in [6, 6.07) is 19.5. The predicted molar refractivity (Wildman–Crippen MR) is 116 cm³/mol. The van der Waals surface area contributed by atoms with E-state index in [2.05, 4.69) is 21.9 Å². The fourth-order valence-electron chi connectivity index (χ4n) is 4.20. The van der Waals surface area contributed by atoms with E-state index in [-0.39, 0.29) is 23.5 Å². The van der Waals surface area contributed by atoms with Crippen LogP contribution in [0.3, 0.4) is 0 Å². The monoisotopic (exact) mass is 413 g/mol. The Morgan fingerprint density at radius 3 is 2.14 bits per heavy atom. The van der Waals surface area contributed by atoms with Crippen LogP contribution in [0, 0.1) is 0 Å². The number of anilines is 2. The average molecular weight is 414 g/mol. The number of para-hydroxylation sites is 2. The molecular weight excluding hydrogens is 386 g/mol. The zero-order chi connectivity index (χ0) is 20.3. The van der Waals surface area contributed by atoms with Crippen molar-refractivity contribution in [3.63, 3.8) is 0 Å². The molecule has 6 nitrogen and oxygen atoms in total. The molecule has 2 aromatic rings. The molecule has 1 amide bonds. The molecule has 2 aromatic carbocycles. The highest BCUT2D eigenvalue weighted by Gasteiger charge is 2.36. The molecule has 0 aliphatic carbocycles. The highest BCUT2D eigenvalue weighted by Crippen LogP contribution is 2.25. The molecule has 1 atom stereocenters. The summed E-state index contributed by atoms with van der Waals surface area (Å²) < 4.78 is 24.0. The van der Waals surface area contributed by atoms with Crippen LogP contribution in [0.5, 0.6) is 0 Å². The standard InChI is InChI=1S/C22H27N3O3S/c26-22(17-23-12-14-24(15-13-23)19-7-3-1-4-8-19)25(20-9-5-2-6-10-20)21-11-16-29(27,28)18-21/h1-10,21H,11-18H2/t21-/m0/s1. The largest absolute Gasteiger partial charge is 0.369 e. The van der Waals surface area contributed by atoms with Crippen LogP contribution in [0.1, 0.15) is 6.42 Å². The molecule has 2 heterocycles. The highest BCUT2D eigenvalue weighted by atomic mass is 32.2. The average Bonchev–Trinajstić information content (AvgIpc) is 3.09. The van der Waals surface area contributed by atoms with Crippen LogP contribution in [0.2, 0.25) is 0 Å². The van der Waals surface area contributed by atoms with Crippen molar-refractivity contribution in [2.75, 3.05) is 54.0 Å². The molecule has 4 rings (SSSR count). The van der Waals surface area contributed by atoms with E-state index in [9.17, 15) is 13.2 Å². The van der Waals surface area contributed by atoms with Gasteiger partial charge in [0.05, 0.1) is 24.1 Å². The van der Waals surface area contributed by atoms with Gasteiger partial charge in [-0.2, -0.15) is 0 Å². The lowest BCUT2D eigenvalue weighted by atomic mass is 10.1. The first-order chi connectivity index (χ1) is 14.0. The van der Waals surface area contributed by atoms with Crippen LogP contribution in [-0.4, -0.2) is 69.5 Å². The van der Waals surface area contributed by atoms with Gasteiger partial charge in [0, 0.05) is 37.6 Å². The van der Waals surface area contributed by atoms with Gasteiger partial charge in [-0.05, 0) is 30.7 Å². The Morgan fingerprint density at radius 1 is 0.931 bits per heavy atom. The zero-order valence-corrected chi connectivity index (χ0v) is 17.3. The topological polar surface area (TPSA) is 60.9 Å². The van der Waals surface area contributed by atoms with Crippen molar-refractivity contribution in [3.05, 3.63) is 60.7 Å². The lowest BCUT2D eigenvalue weighted by molar-refractivity contribution is -0.120. The van der Waals surface area contributed by atoms with Crippen molar-refractivity contribution in [3.8, 4) is 0 Å². The van der Waals surface area contributed by atoms with Crippen molar-refractivity contribution in [2.24, 2.45) is 0 Å². The van der Waals surface area contributed by atoms with Gasteiger partial charge < -0.3 is 9.80 Å². The third kappa shape index (κ3) is 4.79. The van der Waals surface area contributed by atoms with Crippen molar-refractivity contribution in [1.82, 2.24) is 4.90 Å². The van der Waals surface area contributed by atoms with Crippen molar-refractivity contribution in [2.45, 2.75) is 12.5 Å². The summed E-state index contributed by atoms with van der Waals surface area (Å²) in [5.74, 6) is 0.186. The van der Waals surface area contributed by atoms with Crippen LogP contribution < -0.4 is 9.80 Å². The molecule has 0 unspecified atom stereocenters. The number of hydrogen-bond acceptors (Lipinski definition) is 5. The molecule has 0 saturated carbocycles. The highest BCUT2D eigenvalue weighted by molar-refractivity contribution is 7.91. The van der Waals surface area contributed by atoms with E-state index in [1.54, 1.807) is 4.90 Å². The fraction of sp³-hybridized carbons (Fsp3) is 0.409. The van der Waals surface area contributed by atoms with Gasteiger partial charge in [-0.1, -0.05) is 36.4 Å². The maximum Gasteiger partial charge on any atom is 0.241 e. The third-order valence-electron chi connectivity index (χ3n) is 5.73. The Kier molecular flexibility index (Phi) is 5.87. The summed E-state index contributed by atoms with van der Waals surface area (Å²) in [4.78, 5) is 19.5. The number of carbonyl (C=O) groups excluding carboxylic acids is 1. The molecule has 0 aromatic heterocycles. The smallest absolute Gasteiger partial charge is 0.241 e. The van der Waals surface area contributed by atoms with Gasteiger partial charge >= 0.3 is 0 Å². The fourth-order valence-corrected chi connectivity index (χ4v) is 5.90. The van der Waals surface area contributed by atoms with E-state index in [1.807, 2.05) is 48.5 Å². The van der Waals surface area contributed by atoms with Gasteiger partial charge in [-0.3, -0.25) is 9.69 Å². The molecule has 0 bridgehead atoms. The summed E-state index contributed by atoms with van der Waals surface area (Å²) in [5, 5.41) is 0. The number of hydrogen-bond donors (Lipinski definition) is 0. The van der Waals surface area contributed by atoms with Crippen LogP contribution in [0.25, 0.3) is 0 Å². The van der Waals surface area contributed by atoms with Crippen molar-refractivity contribution >= 4 is 27.1 Å². The Labute approximate surface area is 172 Å². The second kappa shape index (κ2) is 8.55. The lowest BCUT2D eigenvalue weighted by Gasteiger charge is -2.37. The molecule has 2 fully saturated rings. The second-order valence-electron chi connectivity index (χ2n) is 7.75. The zero-order valence-electron chi connectivity index (χ0n) is 16.5. The molecule has 0 radical (unpaired) electrons. The van der Waals surface area contributed by atoms with Gasteiger partial charge in [0.1, 0.15) is 0 Å². The van der Waals surface area contributed by atoms with Crippen molar-refractivity contribution in [1.29, 1.82) is 0 Å². The Bertz CT molecular complexity index is 926. The van der Waals surface area contributed by atoms with Crippen LogP contribution >= 0.6 is 0 Å². The van der Waals surface area contributed by atoms with E-state index < -0.39 is 9.84 Å². The van der Waals surface area contributed by atoms with Crippen LogP contribution in [-0.2, 0) is 14.6 Å². The first-order valence-electron chi connectivity index (χ1n) is 10.1. The first-order valence-corrected chi connectivity index (χ1v) is 11.9. The molecule has 154 valence electrons. The van der Waals surface area contributed by atoms with E-state index >= 15 is 0 Å². The van der Waals surface area contributed by atoms with E-state index in [0.717, 1.165) is 31.9 Å². The normalized spacial score (nSPS) is 21.8. The summed E-state index contributed by atoms with van der Waals surface area (Å²) >= 11 is 0. The predicted octanol–water partition coefficient (Wildman–Crippen LogP) is 2.03. The molecule has 2 aliphatic rings. The molecular formula is C22H27N3O3S.